The van der Waals surface area contributed by atoms with E-state index in [0.717, 1.165) is 0 Å². The first-order valence-corrected chi connectivity index (χ1v) is 5.86. The summed E-state index contributed by atoms with van der Waals surface area (Å²) in [5, 5.41) is 7.48. The number of hydrogen-bond donors (Lipinski definition) is 2. The first-order valence-electron chi connectivity index (χ1n) is 5.86. The predicted octanol–water partition coefficient (Wildman–Crippen LogP) is 2.32. The van der Waals surface area contributed by atoms with E-state index in [-0.39, 0.29) is 18.2 Å². The average Bonchev–Trinajstić information content (AvgIpc) is 2.74. The summed E-state index contributed by atoms with van der Waals surface area (Å²) in [6.45, 7) is 0.196. The second-order valence-electron chi connectivity index (χ2n) is 4.33. The molecule has 1 aromatic carbocycles. The Bertz CT molecular complexity index is 616. The third-order valence-corrected chi connectivity index (χ3v) is 2.81. The van der Waals surface area contributed by atoms with E-state index in [2.05, 4.69) is 4.98 Å². The zero-order valence-electron chi connectivity index (χ0n) is 10.5. The molecule has 0 radical (unpaired) electrons. The predicted molar refractivity (Wildman–Crippen MR) is 68.5 cm³/mol. The lowest BCUT2D eigenvalue weighted by atomic mass is 10.1. The number of nitrogens with two attached hydrogens (primary N) is 1. The number of alkyl halides is 3. The molecular formula is C13H13F3N4. The molecule has 4 nitrogen and oxygen atoms in total. The van der Waals surface area contributed by atoms with Gasteiger partial charge in [-0.3, -0.25) is 5.41 Å². The molecule has 0 amide bonds. The van der Waals surface area contributed by atoms with Crippen LogP contribution in [0.3, 0.4) is 0 Å². The van der Waals surface area contributed by atoms with E-state index in [9.17, 15) is 13.2 Å². The highest BCUT2D eigenvalue weighted by Gasteiger charge is 2.30. The second-order valence-corrected chi connectivity index (χ2v) is 4.33. The smallest absolute Gasteiger partial charge is 0.384 e. The minimum Gasteiger partial charge on any atom is -0.384 e. The Kier molecular flexibility index (Phi) is 3.78. The second kappa shape index (κ2) is 5.36. The molecule has 7 heteroatoms. The van der Waals surface area contributed by atoms with Crippen LogP contribution in [0, 0.1) is 5.41 Å². The van der Waals surface area contributed by atoms with Gasteiger partial charge in [-0.25, -0.2) is 4.98 Å². The number of aromatic nitrogens is 2. The molecule has 20 heavy (non-hydrogen) atoms. The number of benzene rings is 1. The van der Waals surface area contributed by atoms with E-state index in [1.807, 2.05) is 0 Å². The van der Waals surface area contributed by atoms with Gasteiger partial charge in [0.2, 0.25) is 0 Å². The van der Waals surface area contributed by atoms with Crippen molar-refractivity contribution in [3.05, 3.63) is 53.6 Å². The molecule has 0 aliphatic rings. The molecule has 0 fully saturated rings. The van der Waals surface area contributed by atoms with Gasteiger partial charge >= 0.3 is 6.18 Å². The fraction of sp³-hybridized carbons (Fsp3) is 0.231. The summed E-state index contributed by atoms with van der Waals surface area (Å²) in [6.07, 6.45) is -2.57. The molecule has 1 heterocycles. The van der Waals surface area contributed by atoms with Crippen molar-refractivity contribution < 1.29 is 13.2 Å². The lowest BCUT2D eigenvalue weighted by Crippen LogP contribution is -2.18. The molecule has 3 N–H and O–H groups in total. The van der Waals surface area contributed by atoms with Crippen molar-refractivity contribution in [2.24, 2.45) is 5.73 Å². The van der Waals surface area contributed by atoms with E-state index in [1.165, 1.54) is 17.0 Å². The molecule has 1 aromatic heterocycles. The Hall–Kier alpha value is -2.31. The monoisotopic (exact) mass is 282 g/mol. The number of nitrogens with zero attached hydrogens (tertiary/aromatic N) is 2. The minimum absolute atomic E-state index is 0.0594. The standard InChI is InChI=1S/C13H13F3N4/c14-13(15,16)7-11-19-5-6-20(11)8-9-3-1-2-4-10(9)12(17)18/h1-6H,7-8H2,(H3,17,18). The number of nitrogen functional groups attached to an aromatic ring is 1. The maximum atomic E-state index is 12.4. The molecule has 0 aliphatic carbocycles. The van der Waals surface area contributed by atoms with Crippen LogP contribution in [0.1, 0.15) is 17.0 Å². The van der Waals surface area contributed by atoms with Gasteiger partial charge in [0, 0.05) is 24.5 Å². The van der Waals surface area contributed by atoms with Crippen LogP contribution < -0.4 is 5.73 Å². The van der Waals surface area contributed by atoms with Gasteiger partial charge in [0.15, 0.2) is 0 Å². The summed E-state index contributed by atoms with van der Waals surface area (Å²) in [4.78, 5) is 3.73. The molecule has 0 aliphatic heterocycles. The SMILES string of the molecule is N=C(N)c1ccccc1Cn1ccnc1CC(F)(F)F. The lowest BCUT2D eigenvalue weighted by molar-refractivity contribution is -0.128. The average molecular weight is 282 g/mol. The van der Waals surface area contributed by atoms with Gasteiger partial charge in [-0.05, 0) is 5.56 Å². The van der Waals surface area contributed by atoms with Gasteiger partial charge in [-0.1, -0.05) is 24.3 Å². The van der Waals surface area contributed by atoms with Gasteiger partial charge in [0.25, 0.3) is 0 Å². The molecule has 2 rings (SSSR count). The highest BCUT2D eigenvalue weighted by Crippen LogP contribution is 2.21. The summed E-state index contributed by atoms with van der Waals surface area (Å²) in [6, 6.07) is 6.87. The van der Waals surface area contributed by atoms with Crippen LogP contribution in [-0.4, -0.2) is 21.6 Å². The number of imidazole rings is 1. The first-order chi connectivity index (χ1) is 9.37. The van der Waals surface area contributed by atoms with Gasteiger partial charge < -0.3 is 10.3 Å². The molecule has 0 atom stereocenters. The topological polar surface area (TPSA) is 67.7 Å². The van der Waals surface area contributed by atoms with Gasteiger partial charge in [0.05, 0.1) is 0 Å². The molecule has 106 valence electrons. The quantitative estimate of drug-likeness (QED) is 0.667. The van der Waals surface area contributed by atoms with Crippen molar-refractivity contribution >= 4 is 5.84 Å². The highest BCUT2D eigenvalue weighted by molar-refractivity contribution is 5.96. The molecule has 0 saturated carbocycles. The summed E-state index contributed by atoms with van der Waals surface area (Å²) in [5.41, 5.74) is 6.66. The van der Waals surface area contributed by atoms with Crippen LogP contribution in [0.25, 0.3) is 0 Å². The zero-order chi connectivity index (χ0) is 14.8. The van der Waals surface area contributed by atoms with E-state index in [4.69, 9.17) is 11.1 Å². The Labute approximate surface area is 113 Å². The lowest BCUT2D eigenvalue weighted by Gasteiger charge is -2.12. The fourth-order valence-corrected chi connectivity index (χ4v) is 1.93. The molecule has 0 bridgehead atoms. The molecular weight excluding hydrogens is 269 g/mol. The van der Waals surface area contributed by atoms with E-state index >= 15 is 0 Å². The van der Waals surface area contributed by atoms with Crippen LogP contribution >= 0.6 is 0 Å². The Balaban J connectivity index is 2.28. The molecule has 0 spiro atoms. The Morgan fingerprint density at radius 2 is 2.00 bits per heavy atom. The normalized spacial score (nSPS) is 11.6. The van der Waals surface area contributed by atoms with Gasteiger partial charge in [-0.2, -0.15) is 13.2 Å². The van der Waals surface area contributed by atoms with Crippen LogP contribution in [0.5, 0.6) is 0 Å². The zero-order valence-corrected chi connectivity index (χ0v) is 10.5. The number of nitrogens with one attached hydrogen (secondary N) is 1. The number of hydrogen-bond acceptors (Lipinski definition) is 2. The van der Waals surface area contributed by atoms with Gasteiger partial charge in [-0.15, -0.1) is 0 Å². The van der Waals surface area contributed by atoms with Crippen LogP contribution in [-0.2, 0) is 13.0 Å². The van der Waals surface area contributed by atoms with Crippen molar-refractivity contribution in [1.29, 1.82) is 5.41 Å². The van der Waals surface area contributed by atoms with Crippen molar-refractivity contribution in [2.75, 3.05) is 0 Å². The highest BCUT2D eigenvalue weighted by atomic mass is 19.4. The van der Waals surface area contributed by atoms with Crippen molar-refractivity contribution in [3.63, 3.8) is 0 Å². The van der Waals surface area contributed by atoms with Gasteiger partial charge in [0.1, 0.15) is 18.1 Å². The first kappa shape index (κ1) is 14.1. The Morgan fingerprint density at radius 1 is 1.30 bits per heavy atom. The summed E-state index contributed by atoms with van der Waals surface area (Å²) in [5.74, 6) is -0.172. The Morgan fingerprint density at radius 3 is 2.65 bits per heavy atom. The maximum Gasteiger partial charge on any atom is 0.396 e. The van der Waals surface area contributed by atoms with Crippen LogP contribution in [0.15, 0.2) is 36.7 Å². The molecule has 0 saturated heterocycles. The van der Waals surface area contributed by atoms with Crippen molar-refractivity contribution in [1.82, 2.24) is 9.55 Å². The third-order valence-electron chi connectivity index (χ3n) is 2.81. The van der Waals surface area contributed by atoms with E-state index < -0.39 is 12.6 Å². The van der Waals surface area contributed by atoms with E-state index in [0.29, 0.717) is 11.1 Å². The fourth-order valence-electron chi connectivity index (χ4n) is 1.93. The van der Waals surface area contributed by atoms with Crippen LogP contribution in [0.2, 0.25) is 0 Å². The van der Waals surface area contributed by atoms with Crippen molar-refractivity contribution in [3.8, 4) is 0 Å². The maximum absolute atomic E-state index is 12.4. The number of amidine groups is 1. The largest absolute Gasteiger partial charge is 0.396 e. The third kappa shape index (κ3) is 3.37. The van der Waals surface area contributed by atoms with Crippen LogP contribution in [0.4, 0.5) is 13.2 Å². The molecule has 0 unspecified atom stereocenters. The van der Waals surface area contributed by atoms with E-state index in [1.54, 1.807) is 24.3 Å². The minimum atomic E-state index is -4.30. The molecule has 2 aromatic rings. The van der Waals surface area contributed by atoms with Crippen molar-refractivity contribution in [2.45, 2.75) is 19.1 Å². The number of halogens is 3. The summed E-state index contributed by atoms with van der Waals surface area (Å²) < 4.78 is 38.7. The number of rotatable bonds is 4. The summed E-state index contributed by atoms with van der Waals surface area (Å²) in [7, 11) is 0. The summed E-state index contributed by atoms with van der Waals surface area (Å²) >= 11 is 0.